The maximum Gasteiger partial charge on any atom is 0.337 e. The number of halogens is 1. The standard InChI is InChI=1S/C25H30ClN5O3S/c1-2-14-12-19(28-22(14)26)23(32)29-17-10-11-31(13-20(17)27-15-6-3-4-7-15)25-30-18-9-5-8-16(24(33)34)21(18)35-25/h5,8-9,15,17,20,27H,2-4,6-7,10-13H2,1H3,(H,29,32)(H,33,34)/t17-,20+/m1/s1. The number of thiazole rings is 1. The number of carbonyl (C=O) groups is 2. The number of aliphatic imine (C=N–C) groups is 1. The van der Waals surface area contributed by atoms with E-state index < -0.39 is 5.97 Å². The summed E-state index contributed by atoms with van der Waals surface area (Å²) in [6.07, 6.45) is 6.79. The van der Waals surface area contributed by atoms with Crippen LogP contribution in [0.3, 0.4) is 0 Å². The highest BCUT2D eigenvalue weighted by Gasteiger charge is 2.35. The molecule has 1 amide bonds. The molecule has 2 aromatic rings. The zero-order chi connectivity index (χ0) is 24.5. The Bertz CT molecular complexity index is 1200. The summed E-state index contributed by atoms with van der Waals surface area (Å²) in [6.45, 7) is 3.43. The normalized spacial score (nSPS) is 23.3. The van der Waals surface area contributed by atoms with Gasteiger partial charge in [-0.3, -0.25) is 4.79 Å². The Balaban J connectivity index is 1.33. The monoisotopic (exact) mass is 515 g/mol. The zero-order valence-corrected chi connectivity index (χ0v) is 21.3. The predicted molar refractivity (Wildman–Crippen MR) is 140 cm³/mol. The molecule has 1 aromatic carbocycles. The summed E-state index contributed by atoms with van der Waals surface area (Å²) in [5.74, 6) is -1.09. The second kappa shape index (κ2) is 10.2. The minimum Gasteiger partial charge on any atom is -0.478 e. The first kappa shape index (κ1) is 24.2. The highest BCUT2D eigenvalue weighted by molar-refractivity contribution is 7.22. The maximum absolute atomic E-state index is 13.0. The van der Waals surface area contributed by atoms with E-state index in [-0.39, 0.29) is 23.6 Å². The van der Waals surface area contributed by atoms with Gasteiger partial charge in [-0.1, -0.05) is 48.8 Å². The van der Waals surface area contributed by atoms with Crippen molar-refractivity contribution in [1.82, 2.24) is 15.6 Å². The lowest BCUT2D eigenvalue weighted by molar-refractivity contribution is -0.115. The third-order valence-electron chi connectivity index (χ3n) is 7.23. The molecule has 3 heterocycles. The molecule has 0 unspecified atom stereocenters. The van der Waals surface area contributed by atoms with Crippen LogP contribution in [0.25, 0.3) is 10.2 Å². The topological polar surface area (TPSA) is 107 Å². The average molecular weight is 516 g/mol. The van der Waals surface area contributed by atoms with E-state index in [1.165, 1.54) is 24.2 Å². The van der Waals surface area contributed by atoms with Crippen LogP contribution in [0.15, 0.2) is 33.9 Å². The van der Waals surface area contributed by atoms with E-state index in [1.54, 1.807) is 12.1 Å². The largest absolute Gasteiger partial charge is 0.478 e. The van der Waals surface area contributed by atoms with Crippen LogP contribution in [0, 0.1) is 0 Å². The van der Waals surface area contributed by atoms with E-state index in [4.69, 9.17) is 16.6 Å². The van der Waals surface area contributed by atoms with Crippen molar-refractivity contribution in [2.24, 2.45) is 4.99 Å². The van der Waals surface area contributed by atoms with Gasteiger partial charge in [0.25, 0.3) is 5.91 Å². The summed E-state index contributed by atoms with van der Waals surface area (Å²) < 4.78 is 0.695. The number of piperidine rings is 1. The van der Waals surface area contributed by atoms with E-state index >= 15 is 0 Å². The number of amides is 1. The molecule has 0 bridgehead atoms. The first-order valence-corrected chi connectivity index (χ1v) is 13.5. The van der Waals surface area contributed by atoms with Crippen LogP contribution in [-0.2, 0) is 4.79 Å². The molecule has 2 atom stereocenters. The second-order valence-electron chi connectivity index (χ2n) is 9.51. The summed E-state index contributed by atoms with van der Waals surface area (Å²) in [7, 11) is 0. The summed E-state index contributed by atoms with van der Waals surface area (Å²) in [4.78, 5) is 36.0. The number of carbonyl (C=O) groups excluding carboxylic acids is 1. The smallest absolute Gasteiger partial charge is 0.337 e. The van der Waals surface area contributed by atoms with E-state index in [9.17, 15) is 14.7 Å². The van der Waals surface area contributed by atoms with Gasteiger partial charge in [-0.25, -0.2) is 14.8 Å². The number of hydrogen-bond donors (Lipinski definition) is 3. The number of anilines is 1. The van der Waals surface area contributed by atoms with Gasteiger partial charge in [0, 0.05) is 37.6 Å². The van der Waals surface area contributed by atoms with Crippen molar-refractivity contribution in [3.05, 3.63) is 34.5 Å². The molecule has 186 valence electrons. The molecule has 0 radical (unpaired) electrons. The second-order valence-corrected chi connectivity index (χ2v) is 10.8. The molecular formula is C25H30ClN5O3S. The van der Waals surface area contributed by atoms with Crippen molar-refractivity contribution in [3.8, 4) is 0 Å². The van der Waals surface area contributed by atoms with Crippen molar-refractivity contribution >= 4 is 55.9 Å². The highest BCUT2D eigenvalue weighted by atomic mass is 35.5. The lowest BCUT2D eigenvalue weighted by Gasteiger charge is -2.40. The van der Waals surface area contributed by atoms with E-state index in [0.717, 1.165) is 42.9 Å². The van der Waals surface area contributed by atoms with Crippen LogP contribution in [-0.4, -0.2) is 58.9 Å². The number of aromatic carboxylic acids is 1. The molecule has 3 aliphatic rings. The number of rotatable bonds is 7. The fourth-order valence-corrected chi connectivity index (χ4v) is 6.68. The Hall–Kier alpha value is -2.49. The quantitative estimate of drug-likeness (QED) is 0.475. The minimum atomic E-state index is -0.941. The SMILES string of the molecule is CCC1=C(Cl)N=C(C(=O)N[C@@H]2CCN(c3nc4cccc(C(=O)O)c4s3)C[C@@H]2NC2CCCC2)C1. The Morgan fingerprint density at radius 1 is 1.23 bits per heavy atom. The summed E-state index contributed by atoms with van der Waals surface area (Å²) in [6, 6.07) is 5.68. The number of carboxylic acids is 1. The fraction of sp³-hybridized carbons (Fsp3) is 0.520. The molecule has 10 heteroatoms. The molecule has 1 aliphatic carbocycles. The van der Waals surface area contributed by atoms with Gasteiger partial charge >= 0.3 is 5.97 Å². The predicted octanol–water partition coefficient (Wildman–Crippen LogP) is 4.30. The third kappa shape index (κ3) is 5.08. The Kier molecular flexibility index (Phi) is 7.09. The van der Waals surface area contributed by atoms with Crippen LogP contribution >= 0.6 is 22.9 Å². The number of fused-ring (bicyclic) bond motifs is 1. The first-order valence-electron chi connectivity index (χ1n) is 12.3. The molecule has 1 saturated carbocycles. The molecule has 0 spiro atoms. The van der Waals surface area contributed by atoms with Gasteiger partial charge in [0.05, 0.1) is 15.8 Å². The van der Waals surface area contributed by atoms with Gasteiger partial charge in [-0.2, -0.15) is 0 Å². The first-order chi connectivity index (χ1) is 16.9. The van der Waals surface area contributed by atoms with Crippen molar-refractivity contribution in [1.29, 1.82) is 0 Å². The molecule has 5 rings (SSSR count). The zero-order valence-electron chi connectivity index (χ0n) is 19.7. The van der Waals surface area contributed by atoms with Crippen LogP contribution in [0.2, 0.25) is 0 Å². The number of benzene rings is 1. The van der Waals surface area contributed by atoms with Crippen molar-refractivity contribution in [2.75, 3.05) is 18.0 Å². The molecule has 1 saturated heterocycles. The molecule has 2 aliphatic heterocycles. The van der Waals surface area contributed by atoms with Gasteiger partial charge in [-0.05, 0) is 43.4 Å². The van der Waals surface area contributed by atoms with Crippen LogP contribution in [0.4, 0.5) is 5.13 Å². The third-order valence-corrected chi connectivity index (χ3v) is 8.75. The Morgan fingerprint density at radius 3 is 2.74 bits per heavy atom. The number of allylic oxidation sites excluding steroid dienone is 1. The molecule has 8 nitrogen and oxygen atoms in total. The highest BCUT2D eigenvalue weighted by Crippen LogP contribution is 2.33. The lowest BCUT2D eigenvalue weighted by atomic mass is 9.97. The van der Waals surface area contributed by atoms with Gasteiger partial charge in [-0.15, -0.1) is 0 Å². The van der Waals surface area contributed by atoms with Crippen molar-refractivity contribution < 1.29 is 14.7 Å². The summed E-state index contributed by atoms with van der Waals surface area (Å²) >= 11 is 7.63. The molecule has 2 fully saturated rings. The summed E-state index contributed by atoms with van der Waals surface area (Å²) in [5.41, 5.74) is 2.48. The van der Waals surface area contributed by atoms with Crippen molar-refractivity contribution in [3.63, 3.8) is 0 Å². The van der Waals surface area contributed by atoms with Crippen LogP contribution in [0.1, 0.15) is 62.2 Å². The van der Waals surface area contributed by atoms with Gasteiger partial charge in [0.15, 0.2) is 5.13 Å². The van der Waals surface area contributed by atoms with Crippen LogP contribution < -0.4 is 15.5 Å². The summed E-state index contributed by atoms with van der Waals surface area (Å²) in [5, 5.41) is 17.9. The van der Waals surface area contributed by atoms with Gasteiger partial charge in [0.1, 0.15) is 10.9 Å². The van der Waals surface area contributed by atoms with E-state index in [2.05, 4.69) is 20.5 Å². The lowest BCUT2D eigenvalue weighted by Crippen LogP contribution is -2.61. The fourth-order valence-electron chi connectivity index (χ4n) is 5.27. The molecule has 35 heavy (non-hydrogen) atoms. The number of nitrogens with one attached hydrogen (secondary N) is 2. The van der Waals surface area contributed by atoms with E-state index in [0.29, 0.717) is 40.1 Å². The average Bonchev–Trinajstić information content (AvgIpc) is 3.59. The number of carboxylic acid groups (broad SMARTS) is 1. The number of aromatic nitrogens is 1. The van der Waals surface area contributed by atoms with E-state index in [1.807, 2.05) is 13.0 Å². The van der Waals surface area contributed by atoms with Gasteiger partial charge in [0.2, 0.25) is 0 Å². The minimum absolute atomic E-state index is 0.0320. The maximum atomic E-state index is 13.0. The van der Waals surface area contributed by atoms with Crippen LogP contribution in [0.5, 0.6) is 0 Å². The van der Waals surface area contributed by atoms with Crippen molar-refractivity contribution in [2.45, 2.75) is 70.0 Å². The Labute approximate surface area is 213 Å². The molecular weight excluding hydrogens is 486 g/mol. The Morgan fingerprint density at radius 2 is 2.03 bits per heavy atom. The molecule has 3 N–H and O–H groups in total. The number of hydrogen-bond acceptors (Lipinski definition) is 7. The van der Waals surface area contributed by atoms with Gasteiger partial charge < -0.3 is 20.6 Å². The molecule has 1 aromatic heterocycles. The number of nitrogens with zero attached hydrogens (tertiary/aromatic N) is 3.